The minimum Gasteiger partial charge on any atom is -0.496 e. The van der Waals surface area contributed by atoms with Crippen LogP contribution in [0.4, 0.5) is 5.13 Å². The molecule has 1 N–H and O–H groups in total. The SMILES string of the molecule is COc1ccc(Br)cc1CCC(=O)NC1CCN(c2nccs2)CC1. The van der Waals surface area contributed by atoms with Crippen molar-refractivity contribution in [3.8, 4) is 5.75 Å². The van der Waals surface area contributed by atoms with Crippen LogP contribution in [0, 0.1) is 0 Å². The van der Waals surface area contributed by atoms with E-state index in [1.165, 1.54) is 0 Å². The van der Waals surface area contributed by atoms with Gasteiger partial charge in [0.2, 0.25) is 5.91 Å². The minimum absolute atomic E-state index is 0.106. The van der Waals surface area contributed by atoms with Crippen LogP contribution in [0.15, 0.2) is 34.2 Å². The summed E-state index contributed by atoms with van der Waals surface area (Å²) in [4.78, 5) is 18.9. The number of piperidine rings is 1. The Labute approximate surface area is 160 Å². The monoisotopic (exact) mass is 423 g/mol. The van der Waals surface area contributed by atoms with Gasteiger partial charge in [0.25, 0.3) is 0 Å². The highest BCUT2D eigenvalue weighted by atomic mass is 79.9. The summed E-state index contributed by atoms with van der Waals surface area (Å²) in [5.41, 5.74) is 1.05. The molecule has 134 valence electrons. The first-order chi connectivity index (χ1) is 12.2. The van der Waals surface area contributed by atoms with Gasteiger partial charge in [-0.25, -0.2) is 4.98 Å². The molecule has 7 heteroatoms. The van der Waals surface area contributed by atoms with Crippen LogP contribution < -0.4 is 15.0 Å². The second-order valence-corrected chi connectivity index (χ2v) is 7.89. The summed E-state index contributed by atoms with van der Waals surface area (Å²) in [6, 6.07) is 6.14. The van der Waals surface area contributed by atoms with Gasteiger partial charge in [-0.3, -0.25) is 4.79 Å². The molecule has 5 nitrogen and oxygen atoms in total. The molecule has 0 saturated carbocycles. The second-order valence-electron chi connectivity index (χ2n) is 6.10. The van der Waals surface area contributed by atoms with Crippen molar-refractivity contribution in [1.82, 2.24) is 10.3 Å². The zero-order chi connectivity index (χ0) is 17.6. The Hall–Kier alpha value is -1.60. The molecule has 1 aliphatic rings. The molecule has 1 aromatic carbocycles. The van der Waals surface area contributed by atoms with E-state index in [2.05, 4.69) is 31.1 Å². The smallest absolute Gasteiger partial charge is 0.220 e. The van der Waals surface area contributed by atoms with E-state index in [1.807, 2.05) is 29.8 Å². The highest BCUT2D eigenvalue weighted by Crippen LogP contribution is 2.25. The lowest BCUT2D eigenvalue weighted by Crippen LogP contribution is -2.44. The molecule has 25 heavy (non-hydrogen) atoms. The number of aryl methyl sites for hydroxylation is 1. The highest BCUT2D eigenvalue weighted by molar-refractivity contribution is 9.10. The first-order valence-corrected chi connectivity index (χ1v) is 10.1. The molecule has 1 aromatic heterocycles. The van der Waals surface area contributed by atoms with Crippen molar-refractivity contribution in [1.29, 1.82) is 0 Å². The Morgan fingerprint density at radius 2 is 2.24 bits per heavy atom. The summed E-state index contributed by atoms with van der Waals surface area (Å²) in [6.45, 7) is 1.88. The van der Waals surface area contributed by atoms with Crippen LogP contribution in [0.1, 0.15) is 24.8 Å². The maximum Gasteiger partial charge on any atom is 0.220 e. The Morgan fingerprint density at radius 3 is 2.92 bits per heavy atom. The standard InChI is InChI=1S/C18H22BrN3O2S/c1-24-16-4-3-14(19)12-13(16)2-5-17(23)21-15-6-9-22(10-7-15)18-20-8-11-25-18/h3-4,8,11-12,15H,2,5-7,9-10H2,1H3,(H,21,23). The van der Waals surface area contributed by atoms with Crippen molar-refractivity contribution in [2.75, 3.05) is 25.1 Å². The molecule has 3 rings (SSSR count). The normalized spacial score (nSPS) is 15.2. The van der Waals surface area contributed by atoms with Gasteiger partial charge in [0.1, 0.15) is 5.75 Å². The molecule has 1 saturated heterocycles. The fourth-order valence-corrected chi connectivity index (χ4v) is 4.18. The Bertz CT molecular complexity index is 700. The lowest BCUT2D eigenvalue weighted by atomic mass is 10.0. The Morgan fingerprint density at radius 1 is 1.44 bits per heavy atom. The molecule has 0 aliphatic carbocycles. The third kappa shape index (κ3) is 4.95. The topological polar surface area (TPSA) is 54.5 Å². The largest absolute Gasteiger partial charge is 0.496 e. The van der Waals surface area contributed by atoms with E-state index in [1.54, 1.807) is 18.4 Å². The van der Waals surface area contributed by atoms with Crippen molar-refractivity contribution in [3.05, 3.63) is 39.8 Å². The first kappa shape index (κ1) is 18.2. The third-order valence-electron chi connectivity index (χ3n) is 4.41. The van der Waals surface area contributed by atoms with Gasteiger partial charge in [0, 0.05) is 41.6 Å². The number of methoxy groups -OCH3 is 1. The van der Waals surface area contributed by atoms with E-state index in [-0.39, 0.29) is 11.9 Å². The molecule has 0 unspecified atom stereocenters. The molecule has 1 amide bonds. The number of thiazole rings is 1. The molecular weight excluding hydrogens is 402 g/mol. The molecule has 0 atom stereocenters. The second kappa shape index (κ2) is 8.67. The van der Waals surface area contributed by atoms with Gasteiger partial charge in [-0.05, 0) is 43.0 Å². The van der Waals surface area contributed by atoms with E-state index in [0.717, 1.165) is 46.8 Å². The predicted molar refractivity (Wildman–Crippen MR) is 105 cm³/mol. The van der Waals surface area contributed by atoms with Gasteiger partial charge in [-0.2, -0.15) is 0 Å². The molecular formula is C18H22BrN3O2S. The van der Waals surface area contributed by atoms with Gasteiger partial charge < -0.3 is 15.0 Å². The maximum absolute atomic E-state index is 12.3. The quantitative estimate of drug-likeness (QED) is 0.770. The van der Waals surface area contributed by atoms with Gasteiger partial charge in [0.05, 0.1) is 7.11 Å². The maximum atomic E-state index is 12.3. The van der Waals surface area contributed by atoms with E-state index in [0.29, 0.717) is 12.8 Å². The number of hydrogen-bond acceptors (Lipinski definition) is 5. The number of nitrogens with zero attached hydrogens (tertiary/aromatic N) is 2. The number of nitrogens with one attached hydrogen (secondary N) is 1. The van der Waals surface area contributed by atoms with Crippen molar-refractivity contribution in [2.45, 2.75) is 31.7 Å². The predicted octanol–water partition coefficient (Wildman–Crippen LogP) is 3.63. The number of halogens is 1. The van der Waals surface area contributed by atoms with Crippen LogP contribution in [0.25, 0.3) is 0 Å². The molecule has 1 aliphatic heterocycles. The lowest BCUT2D eigenvalue weighted by molar-refractivity contribution is -0.121. The van der Waals surface area contributed by atoms with Gasteiger partial charge in [-0.1, -0.05) is 15.9 Å². The number of hydrogen-bond donors (Lipinski definition) is 1. The van der Waals surface area contributed by atoms with Crippen LogP contribution in [-0.2, 0) is 11.2 Å². The summed E-state index contributed by atoms with van der Waals surface area (Å²) in [6.07, 6.45) is 4.91. The molecule has 0 radical (unpaired) electrons. The molecule has 2 heterocycles. The molecule has 2 aromatic rings. The fourth-order valence-electron chi connectivity index (χ4n) is 3.08. The number of anilines is 1. The van der Waals surface area contributed by atoms with E-state index in [9.17, 15) is 4.79 Å². The number of aromatic nitrogens is 1. The number of ether oxygens (including phenoxy) is 1. The highest BCUT2D eigenvalue weighted by Gasteiger charge is 2.22. The van der Waals surface area contributed by atoms with Gasteiger partial charge >= 0.3 is 0 Å². The summed E-state index contributed by atoms with van der Waals surface area (Å²) in [5.74, 6) is 0.933. The van der Waals surface area contributed by atoms with Crippen molar-refractivity contribution < 1.29 is 9.53 Å². The first-order valence-electron chi connectivity index (χ1n) is 8.42. The van der Waals surface area contributed by atoms with Crippen molar-refractivity contribution in [2.24, 2.45) is 0 Å². The van der Waals surface area contributed by atoms with Crippen LogP contribution in [0.2, 0.25) is 0 Å². The Balaban J connectivity index is 1.45. The van der Waals surface area contributed by atoms with Crippen molar-refractivity contribution in [3.63, 3.8) is 0 Å². The summed E-state index contributed by atoms with van der Waals surface area (Å²) >= 11 is 5.14. The number of amides is 1. The van der Waals surface area contributed by atoms with E-state index in [4.69, 9.17) is 4.74 Å². The zero-order valence-electron chi connectivity index (χ0n) is 14.2. The van der Waals surface area contributed by atoms with Crippen LogP contribution in [-0.4, -0.2) is 37.1 Å². The van der Waals surface area contributed by atoms with E-state index < -0.39 is 0 Å². The minimum atomic E-state index is 0.106. The van der Waals surface area contributed by atoms with Gasteiger partial charge in [-0.15, -0.1) is 11.3 Å². The molecule has 1 fully saturated rings. The number of carbonyl (C=O) groups is 1. The number of benzene rings is 1. The van der Waals surface area contributed by atoms with Crippen molar-refractivity contribution >= 4 is 38.3 Å². The zero-order valence-corrected chi connectivity index (χ0v) is 16.6. The van der Waals surface area contributed by atoms with Crippen LogP contribution in [0.5, 0.6) is 5.75 Å². The molecule has 0 spiro atoms. The van der Waals surface area contributed by atoms with Gasteiger partial charge in [0.15, 0.2) is 5.13 Å². The molecule has 0 bridgehead atoms. The number of rotatable bonds is 6. The number of carbonyl (C=O) groups excluding carboxylic acids is 1. The Kier molecular flexibility index (Phi) is 6.31. The van der Waals surface area contributed by atoms with E-state index >= 15 is 0 Å². The fraction of sp³-hybridized carbons (Fsp3) is 0.444. The van der Waals surface area contributed by atoms with Crippen LogP contribution >= 0.6 is 27.3 Å². The lowest BCUT2D eigenvalue weighted by Gasteiger charge is -2.32. The summed E-state index contributed by atoms with van der Waals surface area (Å²) in [5, 5.41) is 6.25. The average Bonchev–Trinajstić information content (AvgIpc) is 3.15. The summed E-state index contributed by atoms with van der Waals surface area (Å²) in [7, 11) is 1.66. The van der Waals surface area contributed by atoms with Crippen LogP contribution in [0.3, 0.4) is 0 Å². The average molecular weight is 424 g/mol. The third-order valence-corrected chi connectivity index (χ3v) is 5.74. The summed E-state index contributed by atoms with van der Waals surface area (Å²) < 4.78 is 6.37.